The number of morpholine rings is 1. The molecule has 1 aliphatic heterocycles. The standard InChI is InChI=1S/C19H24N4O2/c1-2-20-18-8-7-16(13-21-18)22-19(24)17-6-4-3-5-15(17)14-23-9-11-25-12-10-23/h3-8,13H,2,9-12,14H2,1H3,(H,20,21)(H,22,24). The molecule has 0 aliphatic carbocycles. The van der Waals surface area contributed by atoms with E-state index >= 15 is 0 Å². The summed E-state index contributed by atoms with van der Waals surface area (Å²) in [5, 5.41) is 6.07. The van der Waals surface area contributed by atoms with E-state index < -0.39 is 0 Å². The molecule has 0 atom stereocenters. The number of ether oxygens (including phenoxy) is 1. The van der Waals surface area contributed by atoms with Crippen molar-refractivity contribution in [3.63, 3.8) is 0 Å². The summed E-state index contributed by atoms with van der Waals surface area (Å²) in [6.07, 6.45) is 1.67. The van der Waals surface area contributed by atoms with Crippen molar-refractivity contribution in [3.05, 3.63) is 53.7 Å². The third kappa shape index (κ3) is 4.78. The van der Waals surface area contributed by atoms with E-state index in [1.165, 1.54) is 0 Å². The molecule has 1 fully saturated rings. The highest BCUT2D eigenvalue weighted by atomic mass is 16.5. The number of amides is 1. The average Bonchev–Trinajstić information content (AvgIpc) is 2.65. The van der Waals surface area contributed by atoms with E-state index in [0.717, 1.165) is 50.8 Å². The number of carbonyl (C=O) groups is 1. The number of nitrogens with one attached hydrogen (secondary N) is 2. The van der Waals surface area contributed by atoms with Crippen molar-refractivity contribution in [3.8, 4) is 0 Å². The van der Waals surface area contributed by atoms with Crippen molar-refractivity contribution < 1.29 is 9.53 Å². The van der Waals surface area contributed by atoms with Crippen LogP contribution in [0.3, 0.4) is 0 Å². The van der Waals surface area contributed by atoms with E-state index in [1.807, 2.05) is 43.3 Å². The van der Waals surface area contributed by atoms with Gasteiger partial charge in [-0.2, -0.15) is 0 Å². The van der Waals surface area contributed by atoms with Gasteiger partial charge in [0.1, 0.15) is 5.82 Å². The van der Waals surface area contributed by atoms with Crippen LogP contribution < -0.4 is 10.6 Å². The molecule has 0 spiro atoms. The largest absolute Gasteiger partial charge is 0.379 e. The van der Waals surface area contributed by atoms with Gasteiger partial charge in [0.05, 0.1) is 25.1 Å². The van der Waals surface area contributed by atoms with Crippen LogP contribution in [0.1, 0.15) is 22.8 Å². The molecular formula is C19H24N4O2. The Labute approximate surface area is 148 Å². The zero-order valence-corrected chi connectivity index (χ0v) is 14.5. The van der Waals surface area contributed by atoms with E-state index in [9.17, 15) is 4.79 Å². The fourth-order valence-electron chi connectivity index (χ4n) is 2.83. The normalized spacial score (nSPS) is 14.9. The second kappa shape index (κ2) is 8.60. The van der Waals surface area contributed by atoms with Gasteiger partial charge in [0.15, 0.2) is 0 Å². The molecule has 6 heteroatoms. The molecule has 132 valence electrons. The number of anilines is 2. The van der Waals surface area contributed by atoms with Gasteiger partial charge in [-0.25, -0.2) is 4.98 Å². The van der Waals surface area contributed by atoms with Gasteiger partial charge in [-0.1, -0.05) is 18.2 Å². The SMILES string of the molecule is CCNc1ccc(NC(=O)c2ccccc2CN2CCOCC2)cn1. The predicted octanol–water partition coefficient (Wildman–Crippen LogP) is 2.60. The molecule has 0 unspecified atom stereocenters. The summed E-state index contributed by atoms with van der Waals surface area (Å²) in [6.45, 7) is 6.87. The summed E-state index contributed by atoms with van der Waals surface area (Å²) in [6, 6.07) is 11.5. The number of aromatic nitrogens is 1. The molecule has 1 aliphatic rings. The smallest absolute Gasteiger partial charge is 0.256 e. The first-order valence-electron chi connectivity index (χ1n) is 8.65. The van der Waals surface area contributed by atoms with Gasteiger partial charge in [-0.05, 0) is 30.7 Å². The lowest BCUT2D eigenvalue weighted by atomic mass is 10.1. The second-order valence-corrected chi connectivity index (χ2v) is 5.96. The van der Waals surface area contributed by atoms with Crippen molar-refractivity contribution in [1.29, 1.82) is 0 Å². The number of rotatable bonds is 6. The summed E-state index contributed by atoms with van der Waals surface area (Å²) in [5.41, 5.74) is 2.41. The van der Waals surface area contributed by atoms with E-state index in [-0.39, 0.29) is 5.91 Å². The molecule has 1 aromatic heterocycles. The van der Waals surface area contributed by atoms with E-state index in [0.29, 0.717) is 11.3 Å². The number of benzene rings is 1. The van der Waals surface area contributed by atoms with Crippen LogP contribution in [-0.2, 0) is 11.3 Å². The number of hydrogen-bond donors (Lipinski definition) is 2. The number of pyridine rings is 1. The van der Waals surface area contributed by atoms with Gasteiger partial charge in [0.25, 0.3) is 5.91 Å². The number of carbonyl (C=O) groups excluding carboxylic acids is 1. The average molecular weight is 340 g/mol. The molecule has 0 radical (unpaired) electrons. The number of nitrogens with zero attached hydrogens (tertiary/aromatic N) is 2. The second-order valence-electron chi connectivity index (χ2n) is 5.96. The molecule has 0 saturated carbocycles. The van der Waals surface area contributed by atoms with Crippen molar-refractivity contribution in [2.24, 2.45) is 0 Å². The lowest BCUT2D eigenvalue weighted by Gasteiger charge is -2.27. The molecule has 1 aromatic carbocycles. The Bertz CT molecular complexity index is 697. The van der Waals surface area contributed by atoms with Crippen LogP contribution in [0, 0.1) is 0 Å². The Morgan fingerprint density at radius 2 is 2.00 bits per heavy atom. The molecule has 0 bridgehead atoms. The minimum Gasteiger partial charge on any atom is -0.379 e. The Hall–Kier alpha value is -2.44. The van der Waals surface area contributed by atoms with Crippen LogP contribution >= 0.6 is 0 Å². The fourth-order valence-corrected chi connectivity index (χ4v) is 2.83. The molecule has 3 rings (SSSR count). The first kappa shape index (κ1) is 17.4. The summed E-state index contributed by atoms with van der Waals surface area (Å²) < 4.78 is 5.39. The Kier molecular flexibility index (Phi) is 5.98. The summed E-state index contributed by atoms with van der Waals surface area (Å²) in [7, 11) is 0. The Balaban J connectivity index is 1.68. The maximum Gasteiger partial charge on any atom is 0.256 e. The monoisotopic (exact) mass is 340 g/mol. The van der Waals surface area contributed by atoms with Crippen LogP contribution in [0.2, 0.25) is 0 Å². The van der Waals surface area contributed by atoms with Crippen LogP contribution in [0.4, 0.5) is 11.5 Å². The highest BCUT2D eigenvalue weighted by Crippen LogP contribution is 2.16. The minimum absolute atomic E-state index is 0.109. The van der Waals surface area contributed by atoms with Crippen LogP contribution in [0.15, 0.2) is 42.6 Å². The lowest BCUT2D eigenvalue weighted by molar-refractivity contribution is 0.0341. The summed E-state index contributed by atoms with van der Waals surface area (Å²) in [4.78, 5) is 19.3. The van der Waals surface area contributed by atoms with Crippen molar-refractivity contribution in [2.75, 3.05) is 43.5 Å². The first-order chi connectivity index (χ1) is 12.3. The van der Waals surface area contributed by atoms with Gasteiger partial charge in [-0.15, -0.1) is 0 Å². The van der Waals surface area contributed by atoms with Crippen LogP contribution in [0.5, 0.6) is 0 Å². The molecule has 1 saturated heterocycles. The van der Waals surface area contributed by atoms with Crippen molar-refractivity contribution in [2.45, 2.75) is 13.5 Å². The quantitative estimate of drug-likeness (QED) is 0.846. The Morgan fingerprint density at radius 1 is 1.20 bits per heavy atom. The van der Waals surface area contributed by atoms with Gasteiger partial charge >= 0.3 is 0 Å². The zero-order valence-electron chi connectivity index (χ0n) is 14.5. The zero-order chi connectivity index (χ0) is 17.5. The summed E-state index contributed by atoms with van der Waals surface area (Å²) in [5.74, 6) is 0.690. The first-order valence-corrected chi connectivity index (χ1v) is 8.65. The molecule has 2 aromatic rings. The van der Waals surface area contributed by atoms with E-state index in [2.05, 4.69) is 20.5 Å². The Morgan fingerprint density at radius 3 is 2.72 bits per heavy atom. The number of hydrogen-bond acceptors (Lipinski definition) is 5. The topological polar surface area (TPSA) is 66.5 Å². The molecule has 2 heterocycles. The predicted molar refractivity (Wildman–Crippen MR) is 98.9 cm³/mol. The van der Waals surface area contributed by atoms with Crippen molar-refractivity contribution in [1.82, 2.24) is 9.88 Å². The molecule has 6 nitrogen and oxygen atoms in total. The van der Waals surface area contributed by atoms with Gasteiger partial charge < -0.3 is 15.4 Å². The van der Waals surface area contributed by atoms with Crippen LogP contribution in [-0.4, -0.2) is 48.6 Å². The fraction of sp³-hybridized carbons (Fsp3) is 0.368. The van der Waals surface area contributed by atoms with Gasteiger partial charge in [0, 0.05) is 31.7 Å². The maximum absolute atomic E-state index is 12.7. The molecule has 25 heavy (non-hydrogen) atoms. The van der Waals surface area contributed by atoms with E-state index in [4.69, 9.17) is 4.74 Å². The third-order valence-electron chi connectivity index (χ3n) is 4.14. The maximum atomic E-state index is 12.7. The van der Waals surface area contributed by atoms with Crippen LogP contribution in [0.25, 0.3) is 0 Å². The highest BCUT2D eigenvalue weighted by molar-refractivity contribution is 6.05. The van der Waals surface area contributed by atoms with Crippen molar-refractivity contribution >= 4 is 17.4 Å². The highest BCUT2D eigenvalue weighted by Gasteiger charge is 2.16. The van der Waals surface area contributed by atoms with Gasteiger partial charge in [-0.3, -0.25) is 9.69 Å². The molecule has 1 amide bonds. The summed E-state index contributed by atoms with van der Waals surface area (Å²) >= 11 is 0. The van der Waals surface area contributed by atoms with E-state index in [1.54, 1.807) is 6.20 Å². The minimum atomic E-state index is -0.109. The molecule has 2 N–H and O–H groups in total. The van der Waals surface area contributed by atoms with Gasteiger partial charge in [0.2, 0.25) is 0 Å². The third-order valence-corrected chi connectivity index (χ3v) is 4.14. The lowest BCUT2D eigenvalue weighted by Crippen LogP contribution is -2.36. The molecular weight excluding hydrogens is 316 g/mol.